The van der Waals surface area contributed by atoms with Crippen LogP contribution in [0.2, 0.25) is 0 Å². The van der Waals surface area contributed by atoms with Crippen molar-refractivity contribution in [1.82, 2.24) is 9.88 Å². The van der Waals surface area contributed by atoms with E-state index in [0.29, 0.717) is 28.2 Å². The summed E-state index contributed by atoms with van der Waals surface area (Å²) in [5.41, 5.74) is 3.26. The van der Waals surface area contributed by atoms with Gasteiger partial charge in [-0.05, 0) is 81.0 Å². The second-order valence-electron chi connectivity index (χ2n) is 8.20. The largest absolute Gasteiger partial charge is 0.478 e. The Hall–Kier alpha value is -4.64. The average molecular weight is 505 g/mol. The van der Waals surface area contributed by atoms with Crippen LogP contribution in [-0.4, -0.2) is 37.5 Å². The maximum atomic E-state index is 13.3. The lowest BCUT2D eigenvalue weighted by atomic mass is 10.1. The van der Waals surface area contributed by atoms with Crippen molar-refractivity contribution in [2.24, 2.45) is 0 Å². The van der Waals surface area contributed by atoms with Crippen molar-refractivity contribution in [3.05, 3.63) is 92.3 Å². The molecular formula is C25H20N4O6S. The van der Waals surface area contributed by atoms with E-state index in [4.69, 9.17) is 17.3 Å². The van der Waals surface area contributed by atoms with E-state index in [2.05, 4.69) is 5.32 Å². The van der Waals surface area contributed by atoms with Gasteiger partial charge >= 0.3 is 5.97 Å². The first-order valence-corrected chi connectivity index (χ1v) is 11.1. The number of rotatable bonds is 5. The summed E-state index contributed by atoms with van der Waals surface area (Å²) in [5.74, 6) is -2.45. The van der Waals surface area contributed by atoms with Gasteiger partial charge in [-0.2, -0.15) is 0 Å². The number of carboxylic acids is 1. The molecule has 4 rings (SSSR count). The van der Waals surface area contributed by atoms with Gasteiger partial charge in [-0.15, -0.1) is 0 Å². The predicted molar refractivity (Wildman–Crippen MR) is 136 cm³/mol. The Bertz CT molecular complexity index is 1500. The fourth-order valence-corrected chi connectivity index (χ4v) is 4.35. The SMILES string of the molecule is Cc1ccc(-n2c(C)cc(/C=C3\C(=O)NC(=S)N(c4ccc(C(=O)O)cc4)C3=O)c2C)cc1[N+](=O)[O-]. The zero-order valence-electron chi connectivity index (χ0n) is 19.4. The summed E-state index contributed by atoms with van der Waals surface area (Å²) < 4.78 is 1.80. The molecule has 0 spiro atoms. The summed E-state index contributed by atoms with van der Waals surface area (Å²) in [4.78, 5) is 49.2. The van der Waals surface area contributed by atoms with Gasteiger partial charge in [-0.1, -0.05) is 6.07 Å². The number of carboxylic acid groups (broad SMARTS) is 1. The summed E-state index contributed by atoms with van der Waals surface area (Å²) in [6.07, 6.45) is 1.44. The number of aromatic nitrogens is 1. The van der Waals surface area contributed by atoms with Crippen LogP contribution in [0.5, 0.6) is 0 Å². The molecule has 0 atom stereocenters. The number of benzene rings is 2. The molecule has 1 aromatic heterocycles. The summed E-state index contributed by atoms with van der Waals surface area (Å²) >= 11 is 5.19. The van der Waals surface area contributed by atoms with E-state index in [-0.39, 0.29) is 21.9 Å². The van der Waals surface area contributed by atoms with Crippen LogP contribution >= 0.6 is 12.2 Å². The molecule has 0 aliphatic carbocycles. The van der Waals surface area contributed by atoms with Gasteiger partial charge in [0.05, 0.1) is 21.9 Å². The van der Waals surface area contributed by atoms with Gasteiger partial charge in [0, 0.05) is 23.0 Å². The monoisotopic (exact) mass is 504 g/mol. The highest BCUT2D eigenvalue weighted by Crippen LogP contribution is 2.28. The molecule has 0 bridgehead atoms. The van der Waals surface area contributed by atoms with E-state index in [9.17, 15) is 24.5 Å². The van der Waals surface area contributed by atoms with Crippen molar-refractivity contribution in [1.29, 1.82) is 0 Å². The Balaban J connectivity index is 1.75. The molecule has 1 aliphatic rings. The summed E-state index contributed by atoms with van der Waals surface area (Å²) in [6.45, 7) is 5.25. The quantitative estimate of drug-likeness (QED) is 0.177. The smallest absolute Gasteiger partial charge is 0.335 e. The maximum absolute atomic E-state index is 13.3. The molecule has 0 saturated carbocycles. The van der Waals surface area contributed by atoms with E-state index < -0.39 is 22.7 Å². The Labute approximate surface area is 210 Å². The molecule has 0 radical (unpaired) electrons. The van der Waals surface area contributed by atoms with Crippen LogP contribution in [0.3, 0.4) is 0 Å². The lowest BCUT2D eigenvalue weighted by Gasteiger charge is -2.29. The first-order chi connectivity index (χ1) is 17.0. The second-order valence-corrected chi connectivity index (χ2v) is 8.59. The van der Waals surface area contributed by atoms with Crippen LogP contribution in [0.15, 0.2) is 54.1 Å². The van der Waals surface area contributed by atoms with Crippen LogP contribution < -0.4 is 10.2 Å². The van der Waals surface area contributed by atoms with Crippen LogP contribution in [0, 0.1) is 30.9 Å². The van der Waals surface area contributed by atoms with Crippen molar-refractivity contribution in [2.75, 3.05) is 4.90 Å². The van der Waals surface area contributed by atoms with Gasteiger partial charge in [-0.25, -0.2) is 4.79 Å². The third-order valence-corrected chi connectivity index (χ3v) is 6.18. The highest BCUT2D eigenvalue weighted by atomic mass is 32.1. The predicted octanol–water partition coefficient (Wildman–Crippen LogP) is 3.84. The minimum Gasteiger partial charge on any atom is -0.478 e. The zero-order chi connectivity index (χ0) is 26.3. The molecule has 2 N–H and O–H groups in total. The van der Waals surface area contributed by atoms with Gasteiger partial charge in [0.25, 0.3) is 17.5 Å². The molecule has 1 saturated heterocycles. The Morgan fingerprint density at radius 3 is 2.31 bits per heavy atom. The van der Waals surface area contributed by atoms with E-state index in [1.807, 2.05) is 6.92 Å². The minimum atomic E-state index is -1.11. The highest BCUT2D eigenvalue weighted by molar-refractivity contribution is 7.80. The second kappa shape index (κ2) is 9.19. The Morgan fingerprint density at radius 2 is 1.69 bits per heavy atom. The fraction of sp³-hybridized carbons (Fsp3) is 0.120. The molecule has 36 heavy (non-hydrogen) atoms. The number of aromatic carboxylic acids is 1. The summed E-state index contributed by atoms with van der Waals surface area (Å²) in [7, 11) is 0. The third-order valence-electron chi connectivity index (χ3n) is 5.89. The molecule has 1 aliphatic heterocycles. The van der Waals surface area contributed by atoms with Crippen molar-refractivity contribution in [3.8, 4) is 5.69 Å². The van der Waals surface area contributed by atoms with Crippen LogP contribution in [-0.2, 0) is 9.59 Å². The number of nitro groups is 1. The van der Waals surface area contributed by atoms with Crippen molar-refractivity contribution < 1.29 is 24.4 Å². The maximum Gasteiger partial charge on any atom is 0.335 e. The minimum absolute atomic E-state index is 0.0141. The molecular weight excluding hydrogens is 484 g/mol. The van der Waals surface area contributed by atoms with Gasteiger partial charge in [0.1, 0.15) is 5.57 Å². The van der Waals surface area contributed by atoms with Crippen molar-refractivity contribution >= 4 is 52.6 Å². The topological polar surface area (TPSA) is 135 Å². The van der Waals surface area contributed by atoms with E-state index >= 15 is 0 Å². The molecule has 11 heteroatoms. The number of nitro benzene ring substituents is 1. The van der Waals surface area contributed by atoms with E-state index in [1.54, 1.807) is 36.6 Å². The number of carbonyl (C=O) groups excluding carboxylic acids is 2. The molecule has 2 aromatic carbocycles. The van der Waals surface area contributed by atoms with E-state index in [1.165, 1.54) is 36.4 Å². The highest BCUT2D eigenvalue weighted by Gasteiger charge is 2.35. The Kier molecular flexibility index (Phi) is 6.25. The summed E-state index contributed by atoms with van der Waals surface area (Å²) in [5, 5.41) is 22.9. The molecule has 2 amide bonds. The number of anilines is 1. The molecule has 10 nitrogen and oxygen atoms in total. The number of amides is 2. The lowest BCUT2D eigenvalue weighted by Crippen LogP contribution is -2.54. The number of aryl methyl sites for hydroxylation is 2. The Morgan fingerprint density at radius 1 is 1.06 bits per heavy atom. The van der Waals surface area contributed by atoms with Gasteiger partial charge in [0.15, 0.2) is 5.11 Å². The number of hydrogen-bond donors (Lipinski definition) is 2. The average Bonchev–Trinajstić information content (AvgIpc) is 3.09. The van der Waals surface area contributed by atoms with E-state index in [0.717, 1.165) is 10.6 Å². The molecule has 1 fully saturated rings. The van der Waals surface area contributed by atoms with Crippen molar-refractivity contribution in [2.45, 2.75) is 20.8 Å². The number of hydrogen-bond acceptors (Lipinski definition) is 6. The number of nitrogens with one attached hydrogen (secondary N) is 1. The van der Waals surface area contributed by atoms with Crippen molar-refractivity contribution in [3.63, 3.8) is 0 Å². The molecule has 182 valence electrons. The van der Waals surface area contributed by atoms with Crippen LogP contribution in [0.25, 0.3) is 11.8 Å². The number of carbonyl (C=O) groups is 3. The van der Waals surface area contributed by atoms with Crippen LogP contribution in [0.4, 0.5) is 11.4 Å². The number of thiocarbonyl (C=S) groups is 1. The standard InChI is InChI=1S/C25H20N4O6S/c1-13-4-7-19(12-21(13)29(34)35)27-14(2)10-17(15(27)3)11-20-22(30)26-25(36)28(23(20)31)18-8-5-16(6-9-18)24(32)33/h4-12H,1-3H3,(H,32,33)(H,26,30,36)/b20-11+. The lowest BCUT2D eigenvalue weighted by molar-refractivity contribution is -0.385. The first kappa shape index (κ1) is 24.5. The first-order valence-electron chi connectivity index (χ1n) is 10.7. The third kappa shape index (κ3) is 4.27. The van der Waals surface area contributed by atoms with Crippen LogP contribution in [0.1, 0.15) is 32.9 Å². The summed E-state index contributed by atoms with van der Waals surface area (Å²) in [6, 6.07) is 12.2. The van der Waals surface area contributed by atoms with Gasteiger partial charge in [-0.3, -0.25) is 29.9 Å². The molecule has 2 heterocycles. The molecule has 3 aromatic rings. The normalized spacial score (nSPS) is 14.8. The molecule has 0 unspecified atom stereocenters. The fourth-order valence-electron chi connectivity index (χ4n) is 4.07. The number of nitrogens with zero attached hydrogens (tertiary/aromatic N) is 3. The zero-order valence-corrected chi connectivity index (χ0v) is 20.3. The van der Waals surface area contributed by atoms with Gasteiger partial charge < -0.3 is 9.67 Å². The van der Waals surface area contributed by atoms with Gasteiger partial charge in [0.2, 0.25) is 0 Å².